The van der Waals surface area contributed by atoms with E-state index in [4.69, 9.17) is 4.74 Å². The standard InChI is InChI=1S/C15H21NO4/c1-11(17)14-9-13(16(18)19)7-8-15(14)20-10-12-5-3-2-4-6-12/h7-9,11-12,17H,2-6,10H2,1H3. The molecule has 0 aliphatic heterocycles. The van der Waals surface area contributed by atoms with Gasteiger partial charge in [-0.2, -0.15) is 0 Å². The number of nitro benzene ring substituents is 1. The van der Waals surface area contributed by atoms with Crippen LogP contribution in [0.15, 0.2) is 18.2 Å². The molecule has 1 atom stereocenters. The van der Waals surface area contributed by atoms with E-state index in [-0.39, 0.29) is 5.69 Å². The van der Waals surface area contributed by atoms with Crippen LogP contribution in [0.1, 0.15) is 50.7 Å². The highest BCUT2D eigenvalue weighted by atomic mass is 16.6. The van der Waals surface area contributed by atoms with Crippen LogP contribution in [0.3, 0.4) is 0 Å². The van der Waals surface area contributed by atoms with Crippen molar-refractivity contribution in [3.8, 4) is 5.75 Å². The van der Waals surface area contributed by atoms with Crippen LogP contribution in [-0.4, -0.2) is 16.6 Å². The summed E-state index contributed by atoms with van der Waals surface area (Å²) in [5, 5.41) is 20.5. The highest BCUT2D eigenvalue weighted by Crippen LogP contribution is 2.31. The maximum atomic E-state index is 10.8. The summed E-state index contributed by atoms with van der Waals surface area (Å²) in [6.07, 6.45) is 5.37. The Balaban J connectivity index is 2.07. The van der Waals surface area contributed by atoms with Crippen LogP contribution in [0.5, 0.6) is 5.75 Å². The summed E-state index contributed by atoms with van der Waals surface area (Å²) in [5.74, 6) is 1.11. The van der Waals surface area contributed by atoms with Gasteiger partial charge >= 0.3 is 0 Å². The monoisotopic (exact) mass is 279 g/mol. The van der Waals surface area contributed by atoms with Crippen molar-refractivity contribution in [1.29, 1.82) is 0 Å². The highest BCUT2D eigenvalue weighted by Gasteiger charge is 2.18. The molecule has 1 saturated carbocycles. The molecule has 0 spiro atoms. The Morgan fingerprint density at radius 2 is 2.10 bits per heavy atom. The molecule has 2 rings (SSSR count). The first-order valence-corrected chi connectivity index (χ1v) is 7.17. The Morgan fingerprint density at radius 3 is 2.70 bits per heavy atom. The number of rotatable bonds is 5. The Kier molecular flexibility index (Phi) is 4.95. The van der Waals surface area contributed by atoms with Crippen molar-refractivity contribution in [2.45, 2.75) is 45.1 Å². The summed E-state index contributed by atoms with van der Waals surface area (Å²) in [7, 11) is 0. The zero-order valence-electron chi connectivity index (χ0n) is 11.7. The number of benzene rings is 1. The largest absolute Gasteiger partial charge is 0.493 e. The van der Waals surface area contributed by atoms with Crippen LogP contribution in [-0.2, 0) is 0 Å². The molecule has 1 unspecified atom stereocenters. The van der Waals surface area contributed by atoms with Crippen molar-refractivity contribution < 1.29 is 14.8 Å². The van der Waals surface area contributed by atoms with Gasteiger partial charge in [0.1, 0.15) is 5.75 Å². The lowest BCUT2D eigenvalue weighted by molar-refractivity contribution is -0.385. The van der Waals surface area contributed by atoms with E-state index in [0.717, 1.165) is 0 Å². The maximum Gasteiger partial charge on any atom is 0.270 e. The predicted molar refractivity (Wildman–Crippen MR) is 75.8 cm³/mol. The zero-order valence-corrected chi connectivity index (χ0v) is 11.7. The van der Waals surface area contributed by atoms with E-state index < -0.39 is 11.0 Å². The quantitative estimate of drug-likeness (QED) is 0.660. The number of ether oxygens (including phenoxy) is 1. The first-order chi connectivity index (χ1) is 9.58. The molecule has 1 aromatic carbocycles. The summed E-state index contributed by atoms with van der Waals surface area (Å²) in [4.78, 5) is 10.3. The number of nitro groups is 1. The van der Waals surface area contributed by atoms with Gasteiger partial charge in [-0.15, -0.1) is 0 Å². The lowest BCUT2D eigenvalue weighted by atomic mass is 9.90. The number of hydrogen-bond acceptors (Lipinski definition) is 4. The third-order valence-corrected chi connectivity index (χ3v) is 3.85. The van der Waals surface area contributed by atoms with E-state index in [2.05, 4.69) is 0 Å². The van der Waals surface area contributed by atoms with E-state index in [9.17, 15) is 15.2 Å². The van der Waals surface area contributed by atoms with Gasteiger partial charge in [-0.05, 0) is 31.7 Å². The number of nitrogens with zero attached hydrogens (tertiary/aromatic N) is 1. The van der Waals surface area contributed by atoms with E-state index in [1.807, 2.05) is 0 Å². The van der Waals surface area contributed by atoms with Crippen LogP contribution in [0, 0.1) is 16.0 Å². The van der Waals surface area contributed by atoms with Gasteiger partial charge in [0.25, 0.3) is 5.69 Å². The van der Waals surface area contributed by atoms with E-state index in [1.165, 1.54) is 44.2 Å². The second kappa shape index (κ2) is 6.70. The predicted octanol–water partition coefficient (Wildman–Crippen LogP) is 3.61. The molecule has 1 aliphatic carbocycles. The Labute approximate surface area is 118 Å². The second-order valence-corrected chi connectivity index (χ2v) is 5.47. The van der Waals surface area contributed by atoms with E-state index in [0.29, 0.717) is 23.8 Å². The molecule has 0 amide bonds. The molecular formula is C15H21NO4. The Morgan fingerprint density at radius 1 is 1.40 bits per heavy atom. The highest BCUT2D eigenvalue weighted by molar-refractivity contribution is 5.44. The van der Waals surface area contributed by atoms with Gasteiger partial charge in [0.2, 0.25) is 0 Å². The first-order valence-electron chi connectivity index (χ1n) is 7.17. The molecule has 1 aliphatic rings. The van der Waals surface area contributed by atoms with Crippen molar-refractivity contribution in [2.75, 3.05) is 6.61 Å². The number of non-ortho nitro benzene ring substituents is 1. The fraction of sp³-hybridized carbons (Fsp3) is 0.600. The van der Waals surface area contributed by atoms with Gasteiger partial charge < -0.3 is 9.84 Å². The molecule has 5 heteroatoms. The van der Waals surface area contributed by atoms with Gasteiger partial charge in [-0.3, -0.25) is 10.1 Å². The number of hydrogen-bond donors (Lipinski definition) is 1. The minimum absolute atomic E-state index is 0.0223. The third-order valence-electron chi connectivity index (χ3n) is 3.85. The Bertz CT molecular complexity index is 467. The SMILES string of the molecule is CC(O)c1cc([N+](=O)[O-])ccc1OCC1CCCCC1. The fourth-order valence-electron chi connectivity index (χ4n) is 2.67. The fourth-order valence-corrected chi connectivity index (χ4v) is 2.67. The van der Waals surface area contributed by atoms with Crippen molar-refractivity contribution >= 4 is 5.69 Å². The third kappa shape index (κ3) is 3.70. The van der Waals surface area contributed by atoms with Gasteiger partial charge in [0.05, 0.1) is 17.6 Å². The molecule has 0 radical (unpaired) electrons. The average Bonchev–Trinajstić information content (AvgIpc) is 2.45. The second-order valence-electron chi connectivity index (χ2n) is 5.47. The lowest BCUT2D eigenvalue weighted by Gasteiger charge is -2.22. The molecule has 1 aromatic rings. The smallest absolute Gasteiger partial charge is 0.270 e. The van der Waals surface area contributed by atoms with Crippen molar-refractivity contribution in [3.63, 3.8) is 0 Å². The van der Waals surface area contributed by atoms with Crippen molar-refractivity contribution in [3.05, 3.63) is 33.9 Å². The van der Waals surface area contributed by atoms with Gasteiger partial charge in [-0.1, -0.05) is 19.3 Å². The average molecular weight is 279 g/mol. The summed E-state index contributed by atoms with van der Waals surface area (Å²) in [6, 6.07) is 4.39. The van der Waals surface area contributed by atoms with E-state index in [1.54, 1.807) is 13.0 Å². The van der Waals surface area contributed by atoms with E-state index >= 15 is 0 Å². The molecular weight excluding hydrogens is 258 g/mol. The molecule has 1 fully saturated rings. The topological polar surface area (TPSA) is 72.6 Å². The van der Waals surface area contributed by atoms with Gasteiger partial charge in [-0.25, -0.2) is 0 Å². The van der Waals surface area contributed by atoms with Gasteiger partial charge in [0, 0.05) is 17.7 Å². The molecule has 5 nitrogen and oxygen atoms in total. The maximum absolute atomic E-state index is 10.8. The van der Waals surface area contributed by atoms with Crippen LogP contribution >= 0.6 is 0 Å². The minimum Gasteiger partial charge on any atom is -0.493 e. The number of aliphatic hydroxyl groups is 1. The summed E-state index contributed by atoms with van der Waals surface area (Å²) in [5.41, 5.74) is 0.459. The van der Waals surface area contributed by atoms with Crippen LogP contribution in [0.4, 0.5) is 5.69 Å². The normalized spacial score (nSPS) is 17.7. The lowest BCUT2D eigenvalue weighted by Crippen LogP contribution is -2.16. The molecule has 110 valence electrons. The Hall–Kier alpha value is -1.62. The zero-order chi connectivity index (χ0) is 14.5. The molecule has 0 saturated heterocycles. The van der Waals surface area contributed by atoms with Gasteiger partial charge in [0.15, 0.2) is 0 Å². The molecule has 20 heavy (non-hydrogen) atoms. The summed E-state index contributed by atoms with van der Waals surface area (Å²) in [6.45, 7) is 2.21. The molecule has 0 aromatic heterocycles. The first kappa shape index (κ1) is 14.8. The van der Waals surface area contributed by atoms with Crippen LogP contribution in [0.2, 0.25) is 0 Å². The van der Waals surface area contributed by atoms with Crippen molar-refractivity contribution in [2.24, 2.45) is 5.92 Å². The number of aliphatic hydroxyl groups excluding tert-OH is 1. The minimum atomic E-state index is -0.781. The van der Waals surface area contributed by atoms with Crippen LogP contribution < -0.4 is 4.74 Å². The van der Waals surface area contributed by atoms with Crippen LogP contribution in [0.25, 0.3) is 0 Å². The molecule has 0 heterocycles. The summed E-state index contributed by atoms with van der Waals surface area (Å²) >= 11 is 0. The summed E-state index contributed by atoms with van der Waals surface area (Å²) < 4.78 is 5.79. The van der Waals surface area contributed by atoms with Crippen molar-refractivity contribution in [1.82, 2.24) is 0 Å². The molecule has 1 N–H and O–H groups in total. The molecule has 0 bridgehead atoms.